The Morgan fingerprint density at radius 3 is 2.75 bits per heavy atom. The molecule has 1 amide bonds. The van der Waals surface area contributed by atoms with Crippen LogP contribution >= 0.6 is 0 Å². The fourth-order valence-electron chi connectivity index (χ4n) is 3.84. The van der Waals surface area contributed by atoms with Gasteiger partial charge in [0.25, 0.3) is 5.91 Å². The molecule has 0 saturated carbocycles. The van der Waals surface area contributed by atoms with Crippen LogP contribution < -0.4 is 4.74 Å². The molecule has 3 aliphatic rings. The molecule has 0 atom stereocenters. The Kier molecular flexibility index (Phi) is 4.41. The van der Waals surface area contributed by atoms with Crippen molar-refractivity contribution in [2.45, 2.75) is 44.3 Å². The summed E-state index contributed by atoms with van der Waals surface area (Å²) < 4.78 is 17.2. The molecule has 1 aromatic heterocycles. The van der Waals surface area contributed by atoms with Gasteiger partial charge in [0.05, 0.1) is 13.2 Å². The van der Waals surface area contributed by atoms with Gasteiger partial charge in [-0.1, -0.05) is 0 Å². The Labute approximate surface area is 142 Å². The van der Waals surface area contributed by atoms with E-state index in [9.17, 15) is 4.79 Å². The highest BCUT2D eigenvalue weighted by Gasteiger charge is 2.40. The van der Waals surface area contributed by atoms with Crippen LogP contribution in [0.5, 0.6) is 5.75 Å². The predicted molar refractivity (Wildman–Crippen MR) is 86.8 cm³/mol. The molecule has 0 unspecified atom stereocenters. The minimum atomic E-state index is -0.443. The molecule has 0 N–H and O–H groups in total. The number of amides is 1. The molecule has 0 aromatic carbocycles. The molecule has 1 spiro atoms. The van der Waals surface area contributed by atoms with Gasteiger partial charge < -0.3 is 19.1 Å². The number of hydrogen-bond donors (Lipinski definition) is 0. The van der Waals surface area contributed by atoms with Crippen molar-refractivity contribution < 1.29 is 19.0 Å². The number of hydrogen-bond acceptors (Lipinski definition) is 5. The highest BCUT2D eigenvalue weighted by Crippen LogP contribution is 2.31. The SMILES string of the molecule is O=C(COc1ccnc2c1CCCC2)N1CCC2(CC1)OCCO2. The number of rotatable bonds is 3. The fourth-order valence-corrected chi connectivity index (χ4v) is 3.84. The summed E-state index contributed by atoms with van der Waals surface area (Å²) in [5, 5.41) is 0. The number of aromatic nitrogens is 1. The zero-order valence-electron chi connectivity index (χ0n) is 14.0. The summed E-state index contributed by atoms with van der Waals surface area (Å²) in [7, 11) is 0. The van der Waals surface area contributed by atoms with E-state index in [2.05, 4.69) is 4.98 Å². The van der Waals surface area contributed by atoms with Crippen LogP contribution in [-0.4, -0.2) is 54.5 Å². The Morgan fingerprint density at radius 2 is 1.96 bits per heavy atom. The van der Waals surface area contributed by atoms with Gasteiger partial charge in [0, 0.05) is 43.4 Å². The second-order valence-corrected chi connectivity index (χ2v) is 6.72. The molecule has 3 heterocycles. The van der Waals surface area contributed by atoms with Crippen LogP contribution in [-0.2, 0) is 27.1 Å². The van der Waals surface area contributed by atoms with Crippen LogP contribution in [0.1, 0.15) is 36.9 Å². The van der Waals surface area contributed by atoms with E-state index in [1.54, 1.807) is 6.20 Å². The van der Waals surface area contributed by atoms with Gasteiger partial charge >= 0.3 is 0 Å². The maximum Gasteiger partial charge on any atom is 0.260 e. The number of piperidine rings is 1. The van der Waals surface area contributed by atoms with Gasteiger partial charge in [-0.2, -0.15) is 0 Å². The Balaban J connectivity index is 1.33. The number of pyridine rings is 1. The van der Waals surface area contributed by atoms with Gasteiger partial charge in [0.2, 0.25) is 0 Å². The molecule has 2 saturated heterocycles. The minimum Gasteiger partial charge on any atom is -0.483 e. The van der Waals surface area contributed by atoms with Crippen LogP contribution in [0.15, 0.2) is 12.3 Å². The Hall–Kier alpha value is -1.66. The zero-order valence-corrected chi connectivity index (χ0v) is 14.0. The molecular formula is C18H24N2O4. The first kappa shape index (κ1) is 15.8. The van der Waals surface area contributed by atoms with Crippen molar-refractivity contribution >= 4 is 5.91 Å². The van der Waals surface area contributed by atoms with Crippen molar-refractivity contribution in [1.82, 2.24) is 9.88 Å². The molecule has 2 aliphatic heterocycles. The Bertz CT molecular complexity index is 603. The summed E-state index contributed by atoms with van der Waals surface area (Å²) in [6, 6.07) is 1.88. The van der Waals surface area contributed by atoms with Gasteiger partial charge in [-0.05, 0) is 31.7 Å². The monoisotopic (exact) mass is 332 g/mol. The summed E-state index contributed by atoms with van der Waals surface area (Å²) in [5.74, 6) is 0.412. The van der Waals surface area contributed by atoms with Crippen molar-refractivity contribution in [3.63, 3.8) is 0 Å². The third-order valence-electron chi connectivity index (χ3n) is 5.24. The van der Waals surface area contributed by atoms with E-state index in [1.807, 2.05) is 11.0 Å². The lowest BCUT2D eigenvalue weighted by molar-refractivity contribution is -0.187. The molecule has 0 radical (unpaired) electrons. The summed E-state index contributed by atoms with van der Waals surface area (Å²) in [4.78, 5) is 18.7. The number of likely N-dealkylation sites (tertiary alicyclic amines) is 1. The van der Waals surface area contributed by atoms with Crippen molar-refractivity contribution in [1.29, 1.82) is 0 Å². The highest BCUT2D eigenvalue weighted by molar-refractivity contribution is 5.78. The van der Waals surface area contributed by atoms with Crippen LogP contribution in [0.3, 0.4) is 0 Å². The van der Waals surface area contributed by atoms with E-state index in [4.69, 9.17) is 14.2 Å². The molecule has 24 heavy (non-hydrogen) atoms. The molecule has 2 fully saturated rings. The van der Waals surface area contributed by atoms with Crippen LogP contribution in [0.2, 0.25) is 0 Å². The minimum absolute atomic E-state index is 0.0317. The largest absolute Gasteiger partial charge is 0.483 e. The smallest absolute Gasteiger partial charge is 0.260 e. The van der Waals surface area contributed by atoms with Gasteiger partial charge in [0.1, 0.15) is 5.75 Å². The third-order valence-corrected chi connectivity index (χ3v) is 5.24. The van der Waals surface area contributed by atoms with Crippen LogP contribution in [0.25, 0.3) is 0 Å². The molecule has 6 heteroatoms. The van der Waals surface area contributed by atoms with Gasteiger partial charge in [-0.15, -0.1) is 0 Å². The zero-order chi connectivity index (χ0) is 16.4. The van der Waals surface area contributed by atoms with E-state index in [1.165, 1.54) is 12.0 Å². The first-order valence-corrected chi connectivity index (χ1v) is 8.91. The van der Waals surface area contributed by atoms with E-state index < -0.39 is 5.79 Å². The first-order chi connectivity index (χ1) is 11.8. The van der Waals surface area contributed by atoms with E-state index in [0.717, 1.165) is 43.5 Å². The average molecular weight is 332 g/mol. The topological polar surface area (TPSA) is 60.9 Å². The quantitative estimate of drug-likeness (QED) is 0.843. The van der Waals surface area contributed by atoms with Gasteiger partial charge in [-0.25, -0.2) is 0 Å². The predicted octanol–water partition coefficient (Wildman–Crippen LogP) is 1.70. The Morgan fingerprint density at radius 1 is 1.21 bits per heavy atom. The van der Waals surface area contributed by atoms with Crippen molar-refractivity contribution in [3.05, 3.63) is 23.5 Å². The number of nitrogens with zero attached hydrogens (tertiary/aromatic N) is 2. The molecular weight excluding hydrogens is 308 g/mol. The van der Waals surface area contributed by atoms with Crippen LogP contribution in [0, 0.1) is 0 Å². The number of carbonyl (C=O) groups excluding carboxylic acids is 1. The summed E-state index contributed by atoms with van der Waals surface area (Å²) in [6.07, 6.45) is 7.61. The molecule has 6 nitrogen and oxygen atoms in total. The number of ether oxygens (including phenoxy) is 3. The van der Waals surface area contributed by atoms with Crippen LogP contribution in [0.4, 0.5) is 0 Å². The van der Waals surface area contributed by atoms with E-state index in [0.29, 0.717) is 26.3 Å². The lowest BCUT2D eigenvalue weighted by Crippen LogP contribution is -2.48. The molecule has 0 bridgehead atoms. The standard InChI is InChI=1S/C18H24N2O4/c21-17(20-9-6-18(7-10-20)23-11-12-24-18)13-22-16-5-8-19-15-4-2-1-3-14(15)16/h5,8H,1-4,6-7,9-13H2. The third kappa shape index (κ3) is 3.13. The van der Waals surface area contributed by atoms with E-state index >= 15 is 0 Å². The summed E-state index contributed by atoms with van der Waals surface area (Å²) in [6.45, 7) is 2.73. The van der Waals surface area contributed by atoms with Crippen molar-refractivity contribution in [2.75, 3.05) is 32.9 Å². The normalized spacial score (nSPS) is 22.4. The second kappa shape index (κ2) is 6.69. The maximum absolute atomic E-state index is 12.4. The second-order valence-electron chi connectivity index (χ2n) is 6.72. The van der Waals surface area contributed by atoms with Crippen molar-refractivity contribution in [2.24, 2.45) is 0 Å². The summed E-state index contributed by atoms with van der Waals surface area (Å²) >= 11 is 0. The fraction of sp³-hybridized carbons (Fsp3) is 0.667. The van der Waals surface area contributed by atoms with Crippen molar-refractivity contribution in [3.8, 4) is 5.75 Å². The lowest BCUT2D eigenvalue weighted by Gasteiger charge is -2.37. The van der Waals surface area contributed by atoms with E-state index in [-0.39, 0.29) is 12.5 Å². The van der Waals surface area contributed by atoms with Gasteiger partial charge in [-0.3, -0.25) is 9.78 Å². The highest BCUT2D eigenvalue weighted by atomic mass is 16.7. The number of fused-ring (bicyclic) bond motifs is 1. The lowest BCUT2D eigenvalue weighted by atomic mass is 9.95. The average Bonchev–Trinajstić information content (AvgIpc) is 3.08. The van der Waals surface area contributed by atoms with Gasteiger partial charge in [0.15, 0.2) is 12.4 Å². The number of aryl methyl sites for hydroxylation is 1. The maximum atomic E-state index is 12.4. The molecule has 1 aromatic rings. The summed E-state index contributed by atoms with van der Waals surface area (Å²) in [5.41, 5.74) is 2.31. The molecule has 1 aliphatic carbocycles. The first-order valence-electron chi connectivity index (χ1n) is 8.91. The number of carbonyl (C=O) groups is 1. The molecule has 130 valence electrons. The molecule has 4 rings (SSSR count).